The van der Waals surface area contributed by atoms with Gasteiger partial charge in [-0.2, -0.15) is 0 Å². The van der Waals surface area contributed by atoms with E-state index in [2.05, 4.69) is 51.2 Å². The van der Waals surface area contributed by atoms with Gasteiger partial charge in [0, 0.05) is 6.42 Å². The lowest BCUT2D eigenvalue weighted by molar-refractivity contribution is 0.398. The van der Waals surface area contributed by atoms with Gasteiger partial charge in [0.15, 0.2) is 0 Å². The molecule has 0 atom stereocenters. The van der Waals surface area contributed by atoms with Gasteiger partial charge < -0.3 is 4.74 Å². The molecule has 96 valence electrons. The van der Waals surface area contributed by atoms with Gasteiger partial charge in [0.1, 0.15) is 11.3 Å². The second-order valence-corrected chi connectivity index (χ2v) is 5.72. The molecule has 1 aromatic heterocycles. The summed E-state index contributed by atoms with van der Waals surface area (Å²) >= 11 is 5.00. The Balaban J connectivity index is 1.80. The van der Waals surface area contributed by atoms with Gasteiger partial charge >= 0.3 is 0 Å². The van der Waals surface area contributed by atoms with E-state index >= 15 is 0 Å². The Morgan fingerprint density at radius 3 is 2.58 bits per heavy atom. The van der Waals surface area contributed by atoms with Crippen molar-refractivity contribution in [3.8, 4) is 5.75 Å². The normalized spacial score (nSPS) is 10.8. The number of fused-ring (bicyclic) bond motifs is 1. The Bertz CT molecular complexity index is 645. The molecule has 0 N–H and O–H groups in total. The van der Waals surface area contributed by atoms with Crippen LogP contribution in [0.3, 0.4) is 0 Å². The summed E-state index contributed by atoms with van der Waals surface area (Å²) < 4.78 is 6.61. The monoisotopic (exact) mass is 333 g/mol. The minimum atomic E-state index is 0.518. The lowest BCUT2D eigenvalue weighted by Crippen LogP contribution is -1.90. The third-order valence-corrected chi connectivity index (χ3v) is 4.10. The Labute approximate surface area is 124 Å². The zero-order chi connectivity index (χ0) is 13.1. The molecule has 0 aliphatic heterocycles. The van der Waals surface area contributed by atoms with Gasteiger partial charge in [-0.05, 0) is 45.8 Å². The van der Waals surface area contributed by atoms with E-state index in [9.17, 15) is 0 Å². The maximum Gasteiger partial charge on any atom is 0.143 e. The Morgan fingerprint density at radius 2 is 1.84 bits per heavy atom. The lowest BCUT2D eigenvalue weighted by Gasteiger charge is -2.02. The number of nitrogens with zero attached hydrogens (tertiary/aromatic N) is 1. The van der Waals surface area contributed by atoms with Gasteiger partial charge in [0.25, 0.3) is 0 Å². The summed E-state index contributed by atoms with van der Waals surface area (Å²) in [7, 11) is 0. The first kappa shape index (κ1) is 12.6. The fourth-order valence-electron chi connectivity index (χ4n) is 1.94. The summed E-state index contributed by atoms with van der Waals surface area (Å²) in [5.41, 5.74) is 2.85. The van der Waals surface area contributed by atoms with Crippen molar-refractivity contribution in [2.75, 3.05) is 5.52 Å². The van der Waals surface area contributed by atoms with Crippen molar-refractivity contribution in [1.29, 1.82) is 0 Å². The highest BCUT2D eigenvalue weighted by Crippen LogP contribution is 2.24. The Kier molecular flexibility index (Phi) is 3.80. The van der Waals surface area contributed by atoms with E-state index < -0.39 is 0 Å². The van der Waals surface area contributed by atoms with Crippen molar-refractivity contribution in [2.45, 2.75) is 6.42 Å². The van der Waals surface area contributed by atoms with Crippen molar-refractivity contribution >= 4 is 37.5 Å². The largest absolute Gasteiger partial charge is 0.482 e. The highest BCUT2D eigenvalue weighted by molar-refractivity contribution is 9.09. The van der Waals surface area contributed by atoms with Gasteiger partial charge in [-0.25, -0.2) is 4.98 Å². The first-order valence-corrected chi connectivity index (χ1v) is 7.91. The van der Waals surface area contributed by atoms with E-state index in [1.54, 1.807) is 11.3 Å². The second-order valence-electron chi connectivity index (χ2n) is 4.15. The number of rotatable bonds is 4. The molecule has 2 nitrogen and oxygen atoms in total. The number of alkyl halides is 1. The molecule has 4 heteroatoms. The molecule has 2 aromatic carbocycles. The average Bonchev–Trinajstić information content (AvgIpc) is 2.83. The first-order chi connectivity index (χ1) is 9.35. The molecule has 19 heavy (non-hydrogen) atoms. The van der Waals surface area contributed by atoms with Crippen LogP contribution in [0.2, 0.25) is 0 Å². The topological polar surface area (TPSA) is 22.1 Å². The number of hydrogen-bond donors (Lipinski definition) is 0. The SMILES string of the molecule is BrCOc1ccc(Cc2nc3ccccc3s2)cc1. The van der Waals surface area contributed by atoms with Crippen LogP contribution in [0.25, 0.3) is 10.2 Å². The summed E-state index contributed by atoms with van der Waals surface area (Å²) in [6.45, 7) is 0. The van der Waals surface area contributed by atoms with E-state index in [4.69, 9.17) is 4.74 Å². The van der Waals surface area contributed by atoms with Crippen LogP contribution >= 0.6 is 27.3 Å². The maximum atomic E-state index is 5.36. The van der Waals surface area contributed by atoms with E-state index in [0.29, 0.717) is 5.52 Å². The number of hydrogen-bond acceptors (Lipinski definition) is 3. The zero-order valence-electron chi connectivity index (χ0n) is 10.2. The number of benzene rings is 2. The van der Waals surface area contributed by atoms with Crippen LogP contribution in [0.4, 0.5) is 0 Å². The lowest BCUT2D eigenvalue weighted by atomic mass is 10.1. The number of ether oxygens (including phenoxy) is 1. The highest BCUT2D eigenvalue weighted by Gasteiger charge is 2.04. The van der Waals surface area contributed by atoms with E-state index in [1.165, 1.54) is 10.3 Å². The summed E-state index contributed by atoms with van der Waals surface area (Å²) in [6, 6.07) is 16.4. The van der Waals surface area contributed by atoms with Crippen molar-refractivity contribution < 1.29 is 4.74 Å². The number of para-hydroxylation sites is 1. The summed E-state index contributed by atoms with van der Waals surface area (Å²) in [6.07, 6.45) is 0.869. The Morgan fingerprint density at radius 1 is 1.05 bits per heavy atom. The van der Waals surface area contributed by atoms with Crippen LogP contribution in [-0.4, -0.2) is 10.5 Å². The van der Waals surface area contributed by atoms with Crippen LogP contribution in [0, 0.1) is 0 Å². The summed E-state index contributed by atoms with van der Waals surface area (Å²) in [5.74, 6) is 0.880. The van der Waals surface area contributed by atoms with Crippen LogP contribution < -0.4 is 4.74 Å². The minimum absolute atomic E-state index is 0.518. The van der Waals surface area contributed by atoms with Crippen molar-refractivity contribution in [1.82, 2.24) is 4.98 Å². The summed E-state index contributed by atoms with van der Waals surface area (Å²) in [5, 5.41) is 1.15. The van der Waals surface area contributed by atoms with Gasteiger partial charge in [0.05, 0.1) is 15.2 Å². The fourth-order valence-corrected chi connectivity index (χ4v) is 3.20. The van der Waals surface area contributed by atoms with Crippen molar-refractivity contribution in [3.63, 3.8) is 0 Å². The maximum absolute atomic E-state index is 5.36. The predicted molar refractivity (Wildman–Crippen MR) is 83.3 cm³/mol. The van der Waals surface area contributed by atoms with Gasteiger partial charge in [-0.15, -0.1) is 11.3 Å². The average molecular weight is 334 g/mol. The number of aromatic nitrogens is 1. The summed E-state index contributed by atoms with van der Waals surface area (Å²) in [4.78, 5) is 4.65. The zero-order valence-corrected chi connectivity index (χ0v) is 12.6. The third kappa shape index (κ3) is 2.96. The molecule has 3 rings (SSSR count). The molecule has 0 amide bonds. The first-order valence-electron chi connectivity index (χ1n) is 5.97. The molecule has 0 aliphatic carbocycles. The van der Waals surface area contributed by atoms with E-state index in [-0.39, 0.29) is 0 Å². The van der Waals surface area contributed by atoms with Crippen molar-refractivity contribution in [3.05, 3.63) is 59.1 Å². The van der Waals surface area contributed by atoms with Gasteiger partial charge in [0.2, 0.25) is 0 Å². The van der Waals surface area contributed by atoms with Crippen LogP contribution in [0.1, 0.15) is 10.6 Å². The molecule has 3 aromatic rings. The number of halogens is 1. The molecular weight excluding hydrogens is 322 g/mol. The minimum Gasteiger partial charge on any atom is -0.482 e. The van der Waals surface area contributed by atoms with Gasteiger partial charge in [-0.3, -0.25) is 0 Å². The molecular formula is C15H12BrNOS. The predicted octanol–water partition coefficient (Wildman–Crippen LogP) is 4.62. The van der Waals surface area contributed by atoms with Crippen LogP contribution in [0.15, 0.2) is 48.5 Å². The smallest absolute Gasteiger partial charge is 0.143 e. The molecule has 0 bridgehead atoms. The molecule has 0 aliphatic rings. The molecule has 0 fully saturated rings. The quantitative estimate of drug-likeness (QED) is 0.650. The van der Waals surface area contributed by atoms with Crippen LogP contribution in [-0.2, 0) is 6.42 Å². The standard InChI is InChI=1S/C15H12BrNOS/c16-10-18-12-7-5-11(6-8-12)9-15-17-13-3-1-2-4-14(13)19-15/h1-8H,9-10H2. The molecule has 1 heterocycles. The van der Waals surface area contributed by atoms with Gasteiger partial charge in [-0.1, -0.05) is 24.3 Å². The van der Waals surface area contributed by atoms with E-state index in [1.807, 2.05) is 18.2 Å². The third-order valence-electron chi connectivity index (χ3n) is 2.84. The molecule has 0 spiro atoms. The molecule has 0 saturated heterocycles. The highest BCUT2D eigenvalue weighted by atomic mass is 79.9. The molecule has 0 unspecified atom stereocenters. The number of thiazole rings is 1. The van der Waals surface area contributed by atoms with Crippen LogP contribution in [0.5, 0.6) is 5.75 Å². The second kappa shape index (κ2) is 5.72. The Hall–Kier alpha value is -1.39. The van der Waals surface area contributed by atoms with Crippen molar-refractivity contribution in [2.24, 2.45) is 0 Å². The molecule has 0 radical (unpaired) electrons. The molecule has 0 saturated carbocycles. The fraction of sp³-hybridized carbons (Fsp3) is 0.133. The van der Waals surface area contributed by atoms with E-state index in [0.717, 1.165) is 22.7 Å².